The first-order chi connectivity index (χ1) is 8.43. The molecule has 0 aliphatic rings. The lowest BCUT2D eigenvalue weighted by Gasteiger charge is -2.11. The summed E-state index contributed by atoms with van der Waals surface area (Å²) in [4.78, 5) is 23.0. The van der Waals surface area contributed by atoms with Crippen LogP contribution in [0.4, 0.5) is 10.1 Å². The van der Waals surface area contributed by atoms with Crippen molar-refractivity contribution in [1.29, 1.82) is 0 Å². The van der Waals surface area contributed by atoms with Gasteiger partial charge in [0.25, 0.3) is 0 Å². The molecule has 0 heterocycles. The first-order valence-electron chi connectivity index (χ1n) is 5.37. The Labute approximate surface area is 104 Å². The quantitative estimate of drug-likeness (QED) is 0.793. The van der Waals surface area contributed by atoms with Gasteiger partial charge in [-0.2, -0.15) is 0 Å². The molecular weight excluding hydrogens is 239 g/mol. The van der Waals surface area contributed by atoms with Crippen molar-refractivity contribution in [3.8, 4) is 0 Å². The molecule has 98 valence electrons. The molecule has 0 spiro atoms. The van der Waals surface area contributed by atoms with Crippen LogP contribution < -0.4 is 11.1 Å². The molecule has 0 saturated heterocycles. The maximum absolute atomic E-state index is 13.1. The fraction of sp³-hybridized carbons (Fsp3) is 0.333. The Balaban J connectivity index is 2.95. The lowest BCUT2D eigenvalue weighted by atomic mass is 10.1. The minimum atomic E-state index is -0.647. The van der Waals surface area contributed by atoms with Crippen LogP contribution in [0, 0.1) is 5.82 Å². The van der Waals surface area contributed by atoms with E-state index in [1.165, 1.54) is 13.2 Å². The molecular formula is C12H15FN2O3. The first kappa shape index (κ1) is 14.1. The smallest absolute Gasteiger partial charge is 0.339 e. The first-order valence-corrected chi connectivity index (χ1v) is 5.37. The summed E-state index contributed by atoms with van der Waals surface area (Å²) < 4.78 is 17.6. The summed E-state index contributed by atoms with van der Waals surface area (Å²) >= 11 is 0. The zero-order valence-corrected chi connectivity index (χ0v) is 10.2. The van der Waals surface area contributed by atoms with Crippen LogP contribution in [0.2, 0.25) is 0 Å². The van der Waals surface area contributed by atoms with Gasteiger partial charge < -0.3 is 15.8 Å². The maximum Gasteiger partial charge on any atom is 0.339 e. The molecule has 0 bridgehead atoms. The average Bonchev–Trinajstić information content (AvgIpc) is 2.27. The topological polar surface area (TPSA) is 81.4 Å². The van der Waals surface area contributed by atoms with E-state index in [0.717, 1.165) is 12.1 Å². The monoisotopic (exact) mass is 254 g/mol. The zero-order chi connectivity index (χ0) is 13.7. The second-order valence-electron chi connectivity index (χ2n) is 3.91. The molecule has 1 atom stereocenters. The van der Waals surface area contributed by atoms with Crippen molar-refractivity contribution in [2.45, 2.75) is 19.4 Å². The number of methoxy groups -OCH3 is 1. The lowest BCUT2D eigenvalue weighted by molar-refractivity contribution is -0.116. The second kappa shape index (κ2) is 6.11. The third-order valence-corrected chi connectivity index (χ3v) is 2.17. The molecule has 1 rings (SSSR count). The predicted molar refractivity (Wildman–Crippen MR) is 64.6 cm³/mol. The molecule has 0 saturated carbocycles. The van der Waals surface area contributed by atoms with Crippen molar-refractivity contribution in [3.05, 3.63) is 29.6 Å². The van der Waals surface area contributed by atoms with E-state index in [1.807, 2.05) is 0 Å². The largest absolute Gasteiger partial charge is 0.465 e. The highest BCUT2D eigenvalue weighted by Gasteiger charge is 2.15. The number of amides is 1. The van der Waals surface area contributed by atoms with Crippen LogP contribution in [0.3, 0.4) is 0 Å². The number of nitrogens with two attached hydrogens (primary N) is 1. The van der Waals surface area contributed by atoms with Crippen LogP contribution in [0.5, 0.6) is 0 Å². The summed E-state index contributed by atoms with van der Waals surface area (Å²) in [7, 11) is 1.21. The molecule has 1 unspecified atom stereocenters. The van der Waals surface area contributed by atoms with E-state index in [-0.39, 0.29) is 29.6 Å². The molecule has 1 amide bonds. The lowest BCUT2D eigenvalue weighted by Crippen LogP contribution is -2.24. The number of halogens is 1. The van der Waals surface area contributed by atoms with Crippen LogP contribution in [0.25, 0.3) is 0 Å². The van der Waals surface area contributed by atoms with Crippen LogP contribution >= 0.6 is 0 Å². The highest BCUT2D eigenvalue weighted by Crippen LogP contribution is 2.18. The molecule has 0 radical (unpaired) electrons. The molecule has 0 aromatic heterocycles. The van der Waals surface area contributed by atoms with Crippen molar-refractivity contribution < 1.29 is 18.7 Å². The maximum atomic E-state index is 13.1. The number of rotatable bonds is 4. The minimum Gasteiger partial charge on any atom is -0.465 e. The Morgan fingerprint density at radius 3 is 2.72 bits per heavy atom. The van der Waals surface area contributed by atoms with Gasteiger partial charge in [-0.15, -0.1) is 0 Å². The van der Waals surface area contributed by atoms with Crippen molar-refractivity contribution in [2.24, 2.45) is 5.73 Å². The Morgan fingerprint density at radius 1 is 1.50 bits per heavy atom. The molecule has 5 nitrogen and oxygen atoms in total. The van der Waals surface area contributed by atoms with Gasteiger partial charge in [-0.1, -0.05) is 0 Å². The van der Waals surface area contributed by atoms with E-state index in [9.17, 15) is 14.0 Å². The number of carbonyl (C=O) groups is 2. The Kier molecular flexibility index (Phi) is 4.79. The fourth-order valence-electron chi connectivity index (χ4n) is 1.40. The third-order valence-electron chi connectivity index (χ3n) is 2.17. The SMILES string of the molecule is COC(=O)c1ccc(F)cc1NC(=O)CC(C)N. The summed E-state index contributed by atoms with van der Waals surface area (Å²) in [5, 5.41) is 2.44. The highest BCUT2D eigenvalue weighted by atomic mass is 19.1. The Bertz CT molecular complexity index is 461. The number of anilines is 1. The molecule has 6 heteroatoms. The van der Waals surface area contributed by atoms with Gasteiger partial charge >= 0.3 is 5.97 Å². The zero-order valence-electron chi connectivity index (χ0n) is 10.2. The van der Waals surface area contributed by atoms with E-state index in [4.69, 9.17) is 5.73 Å². The highest BCUT2D eigenvalue weighted by molar-refractivity contribution is 6.01. The van der Waals surface area contributed by atoms with Crippen LogP contribution in [-0.4, -0.2) is 25.0 Å². The van der Waals surface area contributed by atoms with Gasteiger partial charge in [-0.3, -0.25) is 4.79 Å². The van der Waals surface area contributed by atoms with Gasteiger partial charge in [-0.25, -0.2) is 9.18 Å². The molecule has 1 aromatic carbocycles. The summed E-state index contributed by atoms with van der Waals surface area (Å²) in [6.45, 7) is 1.67. The van der Waals surface area contributed by atoms with Gasteiger partial charge in [0.2, 0.25) is 5.91 Å². The van der Waals surface area contributed by atoms with Gasteiger partial charge in [-0.05, 0) is 25.1 Å². The minimum absolute atomic E-state index is 0.0764. The summed E-state index contributed by atoms with van der Waals surface area (Å²) in [6.07, 6.45) is 0.0805. The number of hydrogen-bond acceptors (Lipinski definition) is 4. The third kappa shape index (κ3) is 3.81. The van der Waals surface area contributed by atoms with E-state index in [1.54, 1.807) is 6.92 Å². The summed E-state index contributed by atoms with van der Waals surface area (Å²) in [6, 6.07) is 3.11. The van der Waals surface area contributed by atoms with Crippen LogP contribution in [0.15, 0.2) is 18.2 Å². The molecule has 0 aliphatic heterocycles. The van der Waals surface area contributed by atoms with Gasteiger partial charge in [0.05, 0.1) is 18.4 Å². The second-order valence-corrected chi connectivity index (χ2v) is 3.91. The van der Waals surface area contributed by atoms with E-state index in [0.29, 0.717) is 0 Å². The number of carbonyl (C=O) groups excluding carboxylic acids is 2. The summed E-state index contributed by atoms with van der Waals surface area (Å²) in [5.41, 5.74) is 5.65. The van der Waals surface area contributed by atoms with Gasteiger partial charge in [0.15, 0.2) is 0 Å². The summed E-state index contributed by atoms with van der Waals surface area (Å²) in [5.74, 6) is -1.59. The van der Waals surface area contributed by atoms with E-state index in [2.05, 4.69) is 10.1 Å². The Morgan fingerprint density at radius 2 is 2.17 bits per heavy atom. The van der Waals surface area contributed by atoms with E-state index >= 15 is 0 Å². The number of ether oxygens (including phenoxy) is 1. The number of hydrogen-bond donors (Lipinski definition) is 2. The van der Waals surface area contributed by atoms with Crippen molar-refractivity contribution >= 4 is 17.6 Å². The van der Waals surface area contributed by atoms with Gasteiger partial charge in [0.1, 0.15) is 5.82 Å². The van der Waals surface area contributed by atoms with E-state index < -0.39 is 11.8 Å². The standard InChI is InChI=1S/C12H15FN2O3/c1-7(14)5-11(16)15-10-6-8(13)3-4-9(10)12(17)18-2/h3-4,6-7H,5,14H2,1-2H3,(H,15,16). The Hall–Kier alpha value is -1.95. The predicted octanol–water partition coefficient (Wildman–Crippen LogP) is 1.29. The molecule has 1 aromatic rings. The molecule has 0 aliphatic carbocycles. The number of esters is 1. The van der Waals surface area contributed by atoms with Crippen molar-refractivity contribution in [1.82, 2.24) is 0 Å². The number of nitrogens with one attached hydrogen (secondary N) is 1. The number of benzene rings is 1. The van der Waals surface area contributed by atoms with Crippen molar-refractivity contribution in [2.75, 3.05) is 12.4 Å². The normalized spacial score (nSPS) is 11.8. The van der Waals surface area contributed by atoms with Crippen LogP contribution in [-0.2, 0) is 9.53 Å². The molecule has 3 N–H and O–H groups in total. The molecule has 18 heavy (non-hydrogen) atoms. The molecule has 0 fully saturated rings. The van der Waals surface area contributed by atoms with Crippen molar-refractivity contribution in [3.63, 3.8) is 0 Å². The average molecular weight is 254 g/mol. The van der Waals surface area contributed by atoms with Crippen LogP contribution in [0.1, 0.15) is 23.7 Å². The fourth-order valence-corrected chi connectivity index (χ4v) is 1.40. The van der Waals surface area contributed by atoms with Gasteiger partial charge in [0, 0.05) is 12.5 Å².